The molecule has 0 radical (unpaired) electrons. The van der Waals surface area contributed by atoms with Gasteiger partial charge in [-0.2, -0.15) is 0 Å². The van der Waals surface area contributed by atoms with Gasteiger partial charge in [0.15, 0.2) is 6.61 Å². The van der Waals surface area contributed by atoms with Gasteiger partial charge in [-0.05, 0) is 24.5 Å². The van der Waals surface area contributed by atoms with Crippen LogP contribution in [0.5, 0.6) is 0 Å². The maximum absolute atomic E-state index is 11.7. The van der Waals surface area contributed by atoms with Crippen LogP contribution in [0.25, 0.3) is 0 Å². The molecular formula is C16H20ClNO3. The van der Waals surface area contributed by atoms with Crippen molar-refractivity contribution < 1.29 is 14.3 Å². The normalized spacial score (nSPS) is 14.9. The largest absolute Gasteiger partial charge is 0.456 e. The molecule has 0 aromatic heterocycles. The summed E-state index contributed by atoms with van der Waals surface area (Å²) in [5, 5.41) is 3.07. The lowest BCUT2D eigenvalue weighted by molar-refractivity contribution is -0.147. The number of benzene rings is 1. The quantitative estimate of drug-likeness (QED) is 0.813. The van der Waals surface area contributed by atoms with E-state index in [2.05, 4.69) is 5.32 Å². The molecule has 4 nitrogen and oxygen atoms in total. The minimum atomic E-state index is -0.377. The van der Waals surface area contributed by atoms with Crippen LogP contribution in [0.2, 0.25) is 5.02 Å². The van der Waals surface area contributed by atoms with Crippen molar-refractivity contribution in [2.24, 2.45) is 5.92 Å². The second-order valence-corrected chi connectivity index (χ2v) is 5.79. The molecule has 0 atom stereocenters. The summed E-state index contributed by atoms with van der Waals surface area (Å²) in [7, 11) is 0. The van der Waals surface area contributed by atoms with E-state index >= 15 is 0 Å². The molecule has 1 fully saturated rings. The van der Waals surface area contributed by atoms with Gasteiger partial charge in [0.05, 0.1) is 10.7 Å². The van der Waals surface area contributed by atoms with Crippen LogP contribution in [0.4, 0.5) is 5.69 Å². The fourth-order valence-electron chi connectivity index (χ4n) is 2.59. The summed E-state index contributed by atoms with van der Waals surface area (Å²) in [6, 6.07) is 6.93. The van der Waals surface area contributed by atoms with Crippen molar-refractivity contribution in [3.8, 4) is 0 Å². The van der Waals surface area contributed by atoms with Crippen molar-refractivity contribution in [2.75, 3.05) is 11.9 Å². The van der Waals surface area contributed by atoms with Gasteiger partial charge in [-0.3, -0.25) is 9.59 Å². The molecule has 1 saturated carbocycles. The van der Waals surface area contributed by atoms with Crippen LogP contribution in [-0.2, 0) is 14.3 Å². The third-order valence-electron chi connectivity index (χ3n) is 3.74. The van der Waals surface area contributed by atoms with Crippen LogP contribution < -0.4 is 5.32 Å². The van der Waals surface area contributed by atoms with E-state index in [-0.39, 0.29) is 18.5 Å². The second kappa shape index (κ2) is 8.03. The number of ether oxygens (including phenoxy) is 1. The number of nitrogens with one attached hydrogen (secondary N) is 1. The van der Waals surface area contributed by atoms with Crippen molar-refractivity contribution in [2.45, 2.75) is 38.5 Å². The van der Waals surface area contributed by atoms with Crippen LogP contribution in [0.1, 0.15) is 38.5 Å². The van der Waals surface area contributed by atoms with Gasteiger partial charge in [0, 0.05) is 6.42 Å². The molecule has 0 bridgehead atoms. The molecule has 21 heavy (non-hydrogen) atoms. The summed E-state index contributed by atoms with van der Waals surface area (Å²) >= 11 is 5.93. The number of esters is 1. The van der Waals surface area contributed by atoms with Crippen molar-refractivity contribution in [1.29, 1.82) is 0 Å². The predicted octanol–water partition coefficient (Wildman–Crippen LogP) is 3.79. The number of carbonyl (C=O) groups is 2. The number of hydrogen-bond donors (Lipinski definition) is 1. The predicted molar refractivity (Wildman–Crippen MR) is 82.2 cm³/mol. The van der Waals surface area contributed by atoms with E-state index in [1.165, 1.54) is 25.7 Å². The van der Waals surface area contributed by atoms with Gasteiger partial charge in [-0.15, -0.1) is 0 Å². The Kier molecular flexibility index (Phi) is 6.05. The lowest BCUT2D eigenvalue weighted by atomic mass is 10.0. The van der Waals surface area contributed by atoms with Gasteiger partial charge in [-0.25, -0.2) is 0 Å². The Balaban J connectivity index is 1.66. The Morgan fingerprint density at radius 1 is 1.24 bits per heavy atom. The molecule has 0 saturated heterocycles. The monoisotopic (exact) mass is 309 g/mol. The lowest BCUT2D eigenvalue weighted by Crippen LogP contribution is -2.21. The molecule has 2 rings (SSSR count). The van der Waals surface area contributed by atoms with E-state index in [1.807, 2.05) is 0 Å². The second-order valence-electron chi connectivity index (χ2n) is 5.38. The van der Waals surface area contributed by atoms with E-state index in [9.17, 15) is 9.59 Å². The molecule has 1 aromatic rings. The van der Waals surface area contributed by atoms with Crippen LogP contribution in [-0.4, -0.2) is 18.5 Å². The van der Waals surface area contributed by atoms with E-state index in [0.29, 0.717) is 23.0 Å². The number of carbonyl (C=O) groups excluding carboxylic acids is 2. The Bertz CT molecular complexity index is 498. The van der Waals surface area contributed by atoms with Crippen molar-refractivity contribution >= 4 is 29.2 Å². The number of rotatable bonds is 6. The Hall–Kier alpha value is -1.55. The Labute approximate surface area is 129 Å². The molecule has 0 heterocycles. The first-order valence-electron chi connectivity index (χ1n) is 7.35. The fraction of sp³-hybridized carbons (Fsp3) is 0.500. The third kappa shape index (κ3) is 5.38. The molecule has 0 spiro atoms. The molecule has 0 aliphatic heterocycles. The molecular weight excluding hydrogens is 290 g/mol. The molecule has 1 N–H and O–H groups in total. The zero-order valence-corrected chi connectivity index (χ0v) is 12.7. The summed E-state index contributed by atoms with van der Waals surface area (Å²) < 4.78 is 4.98. The van der Waals surface area contributed by atoms with Crippen molar-refractivity contribution in [3.05, 3.63) is 29.3 Å². The Morgan fingerprint density at radius 3 is 2.67 bits per heavy atom. The molecule has 0 unspecified atom stereocenters. The molecule has 1 amide bonds. The highest BCUT2D eigenvalue weighted by Gasteiger charge is 2.17. The summed E-state index contributed by atoms with van der Waals surface area (Å²) in [5.41, 5.74) is 0.520. The number of amides is 1. The van der Waals surface area contributed by atoms with Crippen LogP contribution in [0.15, 0.2) is 24.3 Å². The maximum atomic E-state index is 11.7. The van der Waals surface area contributed by atoms with E-state index in [1.54, 1.807) is 24.3 Å². The van der Waals surface area contributed by atoms with E-state index < -0.39 is 0 Å². The standard InChI is InChI=1S/C16H20ClNO3/c17-13-7-3-4-8-14(13)18-15(19)11-21-16(20)10-9-12-5-1-2-6-12/h3-4,7-8,12H,1-2,5-6,9-11H2,(H,18,19). The van der Waals surface area contributed by atoms with Gasteiger partial charge in [0.2, 0.25) is 0 Å². The first-order valence-corrected chi connectivity index (χ1v) is 7.73. The fourth-order valence-corrected chi connectivity index (χ4v) is 2.77. The van der Waals surface area contributed by atoms with Crippen LogP contribution >= 0.6 is 11.6 Å². The van der Waals surface area contributed by atoms with Gasteiger partial charge >= 0.3 is 5.97 Å². The van der Waals surface area contributed by atoms with Crippen molar-refractivity contribution in [1.82, 2.24) is 0 Å². The summed E-state index contributed by atoms with van der Waals surface area (Å²) in [4.78, 5) is 23.3. The third-order valence-corrected chi connectivity index (χ3v) is 4.07. The van der Waals surface area contributed by atoms with Gasteiger partial charge in [-0.1, -0.05) is 49.4 Å². The maximum Gasteiger partial charge on any atom is 0.306 e. The van der Waals surface area contributed by atoms with E-state index in [0.717, 1.165) is 6.42 Å². The SMILES string of the molecule is O=C(COC(=O)CCC1CCCC1)Nc1ccccc1Cl. The first-order chi connectivity index (χ1) is 10.1. The minimum absolute atomic E-state index is 0.269. The molecule has 1 aliphatic rings. The van der Waals surface area contributed by atoms with Crippen LogP contribution in [0.3, 0.4) is 0 Å². The van der Waals surface area contributed by atoms with Crippen molar-refractivity contribution in [3.63, 3.8) is 0 Å². The Morgan fingerprint density at radius 2 is 1.95 bits per heavy atom. The van der Waals surface area contributed by atoms with Crippen LogP contribution in [0, 0.1) is 5.92 Å². The highest BCUT2D eigenvalue weighted by Crippen LogP contribution is 2.28. The average molecular weight is 310 g/mol. The molecule has 114 valence electrons. The lowest BCUT2D eigenvalue weighted by Gasteiger charge is -2.09. The summed E-state index contributed by atoms with van der Waals surface area (Å²) in [6.07, 6.45) is 6.20. The summed E-state index contributed by atoms with van der Waals surface area (Å²) in [5.74, 6) is -0.0389. The molecule has 1 aromatic carbocycles. The van der Waals surface area contributed by atoms with Gasteiger partial charge in [0.25, 0.3) is 5.91 Å². The minimum Gasteiger partial charge on any atom is -0.456 e. The van der Waals surface area contributed by atoms with Gasteiger partial charge < -0.3 is 10.1 Å². The van der Waals surface area contributed by atoms with Gasteiger partial charge in [0.1, 0.15) is 0 Å². The smallest absolute Gasteiger partial charge is 0.306 e. The highest BCUT2D eigenvalue weighted by atomic mass is 35.5. The molecule has 1 aliphatic carbocycles. The molecule has 5 heteroatoms. The number of halogens is 1. The average Bonchev–Trinajstić information content (AvgIpc) is 2.99. The first kappa shape index (κ1) is 15.8. The number of para-hydroxylation sites is 1. The number of anilines is 1. The zero-order chi connectivity index (χ0) is 15.1. The van der Waals surface area contributed by atoms with E-state index in [4.69, 9.17) is 16.3 Å². The highest BCUT2D eigenvalue weighted by molar-refractivity contribution is 6.33. The number of hydrogen-bond acceptors (Lipinski definition) is 3. The summed E-state index contributed by atoms with van der Waals surface area (Å²) in [6.45, 7) is -0.269. The topological polar surface area (TPSA) is 55.4 Å². The zero-order valence-electron chi connectivity index (χ0n) is 11.9.